The molecule has 0 atom stereocenters. The minimum Gasteiger partial charge on any atom is -0.461 e. The summed E-state index contributed by atoms with van der Waals surface area (Å²) in [6.45, 7) is 3.09. The molecule has 7 nitrogen and oxygen atoms in total. The SMILES string of the molecule is CCOC(=O)c1nn(C)c2c1CN(C(=O)OCc1ccccc1)CC2. The molecule has 1 aliphatic heterocycles. The van der Waals surface area contributed by atoms with E-state index >= 15 is 0 Å². The maximum atomic E-state index is 12.4. The van der Waals surface area contributed by atoms with Gasteiger partial charge in [-0.25, -0.2) is 9.59 Å². The molecular weight excluding hydrogens is 322 g/mol. The van der Waals surface area contributed by atoms with Crippen molar-refractivity contribution in [3.8, 4) is 0 Å². The van der Waals surface area contributed by atoms with Crippen molar-refractivity contribution in [2.24, 2.45) is 7.05 Å². The van der Waals surface area contributed by atoms with E-state index in [0.717, 1.165) is 16.8 Å². The van der Waals surface area contributed by atoms with Gasteiger partial charge in [0.05, 0.1) is 13.2 Å². The summed E-state index contributed by atoms with van der Waals surface area (Å²) in [4.78, 5) is 26.0. The number of rotatable bonds is 4. The standard InChI is InChI=1S/C18H21N3O4/c1-3-24-17(22)16-14-11-21(10-9-15(14)20(2)19-16)18(23)25-12-13-7-5-4-6-8-13/h4-8H,3,9-12H2,1-2H3. The molecule has 7 heteroatoms. The molecule has 0 bridgehead atoms. The van der Waals surface area contributed by atoms with Crippen molar-refractivity contribution >= 4 is 12.1 Å². The molecule has 1 aromatic heterocycles. The number of carbonyl (C=O) groups excluding carboxylic acids is 2. The summed E-state index contributed by atoms with van der Waals surface area (Å²) in [6, 6.07) is 9.52. The van der Waals surface area contributed by atoms with Gasteiger partial charge in [-0.05, 0) is 12.5 Å². The van der Waals surface area contributed by atoms with E-state index in [2.05, 4.69) is 5.10 Å². The van der Waals surface area contributed by atoms with Crippen LogP contribution in [0.15, 0.2) is 30.3 Å². The third-order valence-electron chi connectivity index (χ3n) is 4.17. The highest BCUT2D eigenvalue weighted by atomic mass is 16.6. The van der Waals surface area contributed by atoms with Crippen LogP contribution in [0.2, 0.25) is 0 Å². The zero-order valence-electron chi connectivity index (χ0n) is 14.4. The Bertz CT molecular complexity index is 770. The van der Waals surface area contributed by atoms with Crippen LogP contribution in [0.5, 0.6) is 0 Å². The summed E-state index contributed by atoms with van der Waals surface area (Å²) in [5.41, 5.74) is 2.90. The lowest BCUT2D eigenvalue weighted by Gasteiger charge is -2.26. The molecule has 0 N–H and O–H groups in total. The van der Waals surface area contributed by atoms with Crippen molar-refractivity contribution in [3.05, 3.63) is 52.8 Å². The average Bonchev–Trinajstić information content (AvgIpc) is 2.97. The lowest BCUT2D eigenvalue weighted by molar-refractivity contribution is 0.0513. The van der Waals surface area contributed by atoms with Crippen molar-refractivity contribution in [2.45, 2.75) is 26.5 Å². The third kappa shape index (κ3) is 3.65. The van der Waals surface area contributed by atoms with Crippen LogP contribution in [-0.2, 0) is 36.1 Å². The van der Waals surface area contributed by atoms with Crippen molar-refractivity contribution in [1.29, 1.82) is 0 Å². The van der Waals surface area contributed by atoms with Gasteiger partial charge in [0.1, 0.15) is 6.61 Å². The zero-order valence-corrected chi connectivity index (χ0v) is 14.4. The van der Waals surface area contributed by atoms with Gasteiger partial charge < -0.3 is 14.4 Å². The van der Waals surface area contributed by atoms with Gasteiger partial charge >= 0.3 is 12.1 Å². The molecule has 0 saturated carbocycles. The quantitative estimate of drug-likeness (QED) is 0.797. The number of hydrogen-bond acceptors (Lipinski definition) is 5. The number of aromatic nitrogens is 2. The van der Waals surface area contributed by atoms with Crippen LogP contribution in [0, 0.1) is 0 Å². The highest BCUT2D eigenvalue weighted by Gasteiger charge is 2.30. The van der Waals surface area contributed by atoms with Crippen molar-refractivity contribution < 1.29 is 19.1 Å². The van der Waals surface area contributed by atoms with E-state index in [-0.39, 0.29) is 18.9 Å². The monoisotopic (exact) mass is 343 g/mol. The van der Waals surface area contributed by atoms with Crippen LogP contribution >= 0.6 is 0 Å². The summed E-state index contributed by atoms with van der Waals surface area (Å²) in [5, 5.41) is 4.26. The Hall–Kier alpha value is -2.83. The first-order valence-corrected chi connectivity index (χ1v) is 8.27. The van der Waals surface area contributed by atoms with Crippen LogP contribution < -0.4 is 0 Å². The predicted octanol–water partition coefficient (Wildman–Crippen LogP) is 2.29. The zero-order chi connectivity index (χ0) is 17.8. The largest absolute Gasteiger partial charge is 0.461 e. The first-order valence-electron chi connectivity index (χ1n) is 8.27. The number of ether oxygens (including phenoxy) is 2. The van der Waals surface area contributed by atoms with Gasteiger partial charge in [-0.3, -0.25) is 4.68 Å². The first kappa shape index (κ1) is 17.0. The number of amides is 1. The number of benzene rings is 1. The van der Waals surface area contributed by atoms with E-state index in [4.69, 9.17) is 9.47 Å². The van der Waals surface area contributed by atoms with E-state index in [1.807, 2.05) is 30.3 Å². The molecule has 0 aliphatic carbocycles. The van der Waals surface area contributed by atoms with Gasteiger partial charge in [0.2, 0.25) is 0 Å². The Balaban J connectivity index is 1.69. The van der Waals surface area contributed by atoms with E-state index in [1.54, 1.807) is 23.6 Å². The van der Waals surface area contributed by atoms with Gasteiger partial charge in [0.15, 0.2) is 5.69 Å². The van der Waals surface area contributed by atoms with E-state index in [0.29, 0.717) is 19.5 Å². The Morgan fingerprint density at radius 2 is 1.96 bits per heavy atom. The van der Waals surface area contributed by atoms with Crippen LogP contribution in [0.25, 0.3) is 0 Å². The number of aryl methyl sites for hydroxylation is 1. The molecule has 132 valence electrons. The molecule has 0 saturated heterocycles. The Labute approximate surface area is 146 Å². The molecule has 0 spiro atoms. The lowest BCUT2D eigenvalue weighted by atomic mass is 10.1. The summed E-state index contributed by atoms with van der Waals surface area (Å²) in [6.07, 6.45) is 0.228. The molecule has 1 aliphatic rings. The number of nitrogens with zero attached hydrogens (tertiary/aromatic N) is 3. The Kier molecular flexibility index (Phi) is 5.02. The second kappa shape index (κ2) is 7.38. The predicted molar refractivity (Wildman–Crippen MR) is 89.9 cm³/mol. The Morgan fingerprint density at radius 3 is 2.68 bits per heavy atom. The molecule has 0 radical (unpaired) electrons. The van der Waals surface area contributed by atoms with Crippen molar-refractivity contribution in [3.63, 3.8) is 0 Å². The van der Waals surface area contributed by atoms with Gasteiger partial charge in [-0.1, -0.05) is 30.3 Å². The maximum absolute atomic E-state index is 12.4. The minimum absolute atomic E-state index is 0.223. The number of fused-ring (bicyclic) bond motifs is 1. The minimum atomic E-state index is -0.459. The molecule has 1 aromatic carbocycles. The van der Waals surface area contributed by atoms with Crippen LogP contribution in [0.4, 0.5) is 4.79 Å². The fourth-order valence-electron chi connectivity index (χ4n) is 2.92. The average molecular weight is 343 g/mol. The van der Waals surface area contributed by atoms with Crippen LogP contribution in [0.1, 0.15) is 34.2 Å². The molecular formula is C18H21N3O4. The highest BCUT2D eigenvalue weighted by molar-refractivity contribution is 5.89. The van der Waals surface area contributed by atoms with E-state index in [1.165, 1.54) is 0 Å². The summed E-state index contributed by atoms with van der Waals surface area (Å²) in [7, 11) is 1.80. The van der Waals surface area contributed by atoms with E-state index < -0.39 is 12.1 Å². The summed E-state index contributed by atoms with van der Waals surface area (Å²) >= 11 is 0. The smallest absolute Gasteiger partial charge is 0.410 e. The number of esters is 1. The molecule has 25 heavy (non-hydrogen) atoms. The number of hydrogen-bond donors (Lipinski definition) is 0. The van der Waals surface area contributed by atoms with Crippen molar-refractivity contribution in [1.82, 2.24) is 14.7 Å². The topological polar surface area (TPSA) is 73.7 Å². The fraction of sp³-hybridized carbons (Fsp3) is 0.389. The van der Waals surface area contributed by atoms with Gasteiger partial charge in [0.25, 0.3) is 0 Å². The van der Waals surface area contributed by atoms with E-state index in [9.17, 15) is 9.59 Å². The van der Waals surface area contributed by atoms with Crippen LogP contribution in [0.3, 0.4) is 0 Å². The Morgan fingerprint density at radius 1 is 1.20 bits per heavy atom. The summed E-state index contributed by atoms with van der Waals surface area (Å²) in [5.74, 6) is -0.459. The fourth-order valence-corrected chi connectivity index (χ4v) is 2.92. The molecule has 0 unspecified atom stereocenters. The normalized spacial score (nSPS) is 13.3. The van der Waals surface area contributed by atoms with Crippen molar-refractivity contribution in [2.75, 3.05) is 13.2 Å². The van der Waals surface area contributed by atoms with Gasteiger partial charge in [0, 0.05) is 31.3 Å². The first-order chi connectivity index (χ1) is 12.1. The number of carbonyl (C=O) groups is 2. The second-order valence-electron chi connectivity index (χ2n) is 5.83. The van der Waals surface area contributed by atoms with Crippen LogP contribution in [-0.4, -0.2) is 39.9 Å². The molecule has 3 rings (SSSR count). The lowest BCUT2D eigenvalue weighted by Crippen LogP contribution is -2.37. The summed E-state index contributed by atoms with van der Waals surface area (Å²) < 4.78 is 12.1. The molecule has 2 heterocycles. The molecule has 2 aromatic rings. The van der Waals surface area contributed by atoms with Gasteiger partial charge in [-0.15, -0.1) is 0 Å². The second-order valence-corrected chi connectivity index (χ2v) is 5.83. The highest BCUT2D eigenvalue weighted by Crippen LogP contribution is 2.23. The third-order valence-corrected chi connectivity index (χ3v) is 4.17. The maximum Gasteiger partial charge on any atom is 0.410 e. The molecule has 0 fully saturated rings. The van der Waals surface area contributed by atoms with Gasteiger partial charge in [-0.2, -0.15) is 5.10 Å². The molecule has 1 amide bonds.